The van der Waals surface area contributed by atoms with Crippen LogP contribution in [-0.4, -0.2) is 33.7 Å². The predicted octanol–water partition coefficient (Wildman–Crippen LogP) is 5.45. The van der Waals surface area contributed by atoms with Gasteiger partial charge in [-0.3, -0.25) is 0 Å². The van der Waals surface area contributed by atoms with Crippen LogP contribution in [0.2, 0.25) is 5.02 Å². The highest BCUT2D eigenvalue weighted by atomic mass is 35.5. The Bertz CT molecular complexity index is 1090. The summed E-state index contributed by atoms with van der Waals surface area (Å²) < 4.78 is 20.5. The first-order valence-electron chi connectivity index (χ1n) is 10.2. The van der Waals surface area contributed by atoms with Crippen molar-refractivity contribution in [3.8, 4) is 11.1 Å². The van der Waals surface area contributed by atoms with Crippen LogP contribution in [0, 0.1) is 0 Å². The van der Waals surface area contributed by atoms with Gasteiger partial charge >= 0.3 is 5.97 Å². The molecule has 0 N–H and O–H groups in total. The molecule has 3 aromatic rings. The van der Waals surface area contributed by atoms with Gasteiger partial charge in [0.1, 0.15) is 16.5 Å². The molecule has 0 radical (unpaired) electrons. The number of methoxy groups -OCH3 is 1. The summed E-state index contributed by atoms with van der Waals surface area (Å²) in [4.78, 5) is 13.5. The second kappa shape index (κ2) is 8.95. The molecule has 4 rings (SSSR count). The van der Waals surface area contributed by atoms with Crippen LogP contribution in [0.4, 0.5) is 0 Å². The lowest BCUT2D eigenvalue weighted by atomic mass is 10.1. The molecule has 1 aliphatic rings. The van der Waals surface area contributed by atoms with Gasteiger partial charge in [-0.2, -0.15) is 0 Å². The molecule has 160 valence electrons. The number of halogens is 1. The molecule has 0 spiro atoms. The van der Waals surface area contributed by atoms with Gasteiger partial charge in [0.05, 0.1) is 12.0 Å². The highest BCUT2D eigenvalue weighted by Gasteiger charge is 2.66. The SMILES string of the molecule is CCN(S(=O)c1ccc(-c2ccc(Cl)cc2)cc1)C1(C(=O)OC)CC1c1ccccc1. The molecule has 3 atom stereocenters. The van der Waals surface area contributed by atoms with Gasteiger partial charge in [-0.1, -0.05) is 73.1 Å². The minimum Gasteiger partial charge on any atom is -0.468 e. The van der Waals surface area contributed by atoms with Gasteiger partial charge in [0.15, 0.2) is 0 Å². The van der Waals surface area contributed by atoms with Crippen molar-refractivity contribution in [1.29, 1.82) is 0 Å². The van der Waals surface area contributed by atoms with E-state index in [1.807, 2.05) is 85.8 Å². The Kier molecular flexibility index (Phi) is 6.28. The third-order valence-corrected chi connectivity index (χ3v) is 7.75. The second-order valence-corrected chi connectivity index (χ2v) is 9.41. The topological polar surface area (TPSA) is 46.6 Å². The monoisotopic (exact) mass is 453 g/mol. The fourth-order valence-corrected chi connectivity index (χ4v) is 5.75. The van der Waals surface area contributed by atoms with E-state index in [2.05, 4.69) is 0 Å². The van der Waals surface area contributed by atoms with Crippen LogP contribution in [0.1, 0.15) is 24.8 Å². The minimum absolute atomic E-state index is 0.0432. The number of rotatable bonds is 7. The smallest absolute Gasteiger partial charge is 0.327 e. The first-order chi connectivity index (χ1) is 15.0. The molecule has 6 heteroatoms. The lowest BCUT2D eigenvalue weighted by molar-refractivity contribution is -0.146. The number of likely N-dealkylation sites (N-methyl/N-ethyl adjacent to an activating group) is 1. The standard InChI is InChI=1S/C25H24ClNO3S/c1-3-27(25(24(28)30-2)17-23(25)20-7-5-4-6-8-20)31(29)22-15-11-19(12-16-22)18-9-13-21(26)14-10-18/h4-16,23H,3,17H2,1-2H3. The van der Waals surface area contributed by atoms with Crippen molar-refractivity contribution in [1.82, 2.24) is 4.31 Å². The second-order valence-electron chi connectivity index (χ2n) is 7.56. The molecule has 1 saturated carbocycles. The average Bonchev–Trinajstić information content (AvgIpc) is 3.56. The van der Waals surface area contributed by atoms with Crippen LogP contribution in [0.25, 0.3) is 11.1 Å². The minimum atomic E-state index is -1.50. The number of esters is 1. The van der Waals surface area contributed by atoms with Crippen molar-refractivity contribution >= 4 is 28.6 Å². The Morgan fingerprint density at radius 3 is 2.16 bits per heavy atom. The molecule has 0 heterocycles. The largest absolute Gasteiger partial charge is 0.468 e. The van der Waals surface area contributed by atoms with Crippen LogP contribution >= 0.6 is 11.6 Å². The maximum Gasteiger partial charge on any atom is 0.327 e. The Labute approximate surface area is 190 Å². The van der Waals surface area contributed by atoms with E-state index in [9.17, 15) is 9.00 Å². The van der Waals surface area contributed by atoms with Crippen molar-refractivity contribution < 1.29 is 13.7 Å². The fourth-order valence-electron chi connectivity index (χ4n) is 4.19. The van der Waals surface area contributed by atoms with E-state index in [-0.39, 0.29) is 11.9 Å². The lowest BCUT2D eigenvalue weighted by Crippen LogP contribution is -2.46. The molecule has 3 unspecified atom stereocenters. The Balaban J connectivity index is 1.62. The molecular weight excluding hydrogens is 430 g/mol. The zero-order valence-electron chi connectivity index (χ0n) is 17.5. The molecule has 0 aliphatic heterocycles. The van der Waals surface area contributed by atoms with Gasteiger partial charge in [-0.15, -0.1) is 0 Å². The van der Waals surface area contributed by atoms with E-state index in [1.165, 1.54) is 7.11 Å². The zero-order valence-corrected chi connectivity index (χ0v) is 19.0. The molecule has 31 heavy (non-hydrogen) atoms. The van der Waals surface area contributed by atoms with E-state index < -0.39 is 16.5 Å². The zero-order chi connectivity index (χ0) is 22.0. The molecular formula is C25H24ClNO3S. The van der Waals surface area contributed by atoms with E-state index >= 15 is 0 Å². The first kappa shape index (κ1) is 21.8. The molecule has 0 bridgehead atoms. The maximum absolute atomic E-state index is 13.6. The number of hydrogen-bond acceptors (Lipinski definition) is 3. The Hall–Kier alpha value is -2.47. The highest BCUT2D eigenvalue weighted by molar-refractivity contribution is 7.82. The highest BCUT2D eigenvalue weighted by Crippen LogP contribution is 2.57. The van der Waals surface area contributed by atoms with Gasteiger partial charge in [-0.05, 0) is 47.4 Å². The molecule has 0 aromatic heterocycles. The quantitative estimate of drug-likeness (QED) is 0.447. The summed E-state index contributed by atoms with van der Waals surface area (Å²) in [6, 6.07) is 25.1. The third-order valence-electron chi connectivity index (χ3n) is 5.84. The van der Waals surface area contributed by atoms with Crippen LogP contribution < -0.4 is 0 Å². The number of benzene rings is 3. The summed E-state index contributed by atoms with van der Waals surface area (Å²) in [6.07, 6.45) is 0.589. The molecule has 0 amide bonds. The van der Waals surface area contributed by atoms with Crippen molar-refractivity contribution in [3.05, 3.63) is 89.4 Å². The summed E-state index contributed by atoms with van der Waals surface area (Å²) in [6.45, 7) is 2.38. The molecule has 3 aromatic carbocycles. The van der Waals surface area contributed by atoms with Gasteiger partial charge in [0, 0.05) is 17.5 Å². The van der Waals surface area contributed by atoms with Crippen LogP contribution in [0.5, 0.6) is 0 Å². The number of carbonyl (C=O) groups excluding carboxylic acids is 1. The number of ether oxygens (including phenoxy) is 1. The number of hydrogen-bond donors (Lipinski definition) is 0. The van der Waals surface area contributed by atoms with Crippen molar-refractivity contribution in [2.75, 3.05) is 13.7 Å². The average molecular weight is 454 g/mol. The summed E-state index contributed by atoms with van der Waals surface area (Å²) in [5.74, 6) is -0.382. The lowest BCUT2D eigenvalue weighted by Gasteiger charge is -2.29. The van der Waals surface area contributed by atoms with Gasteiger partial charge in [-0.25, -0.2) is 13.3 Å². The maximum atomic E-state index is 13.6. The predicted molar refractivity (Wildman–Crippen MR) is 124 cm³/mol. The van der Waals surface area contributed by atoms with E-state index in [0.717, 1.165) is 16.7 Å². The Morgan fingerprint density at radius 1 is 1.03 bits per heavy atom. The molecule has 1 aliphatic carbocycles. The van der Waals surface area contributed by atoms with E-state index in [1.54, 1.807) is 4.31 Å². The van der Waals surface area contributed by atoms with Crippen molar-refractivity contribution in [3.63, 3.8) is 0 Å². The summed E-state index contributed by atoms with van der Waals surface area (Å²) in [5, 5.41) is 0.686. The summed E-state index contributed by atoms with van der Waals surface area (Å²) in [7, 11) is -0.111. The van der Waals surface area contributed by atoms with Gasteiger partial charge in [0.2, 0.25) is 0 Å². The summed E-state index contributed by atoms with van der Waals surface area (Å²) >= 11 is 5.98. The first-order valence-corrected chi connectivity index (χ1v) is 11.7. The molecule has 4 nitrogen and oxygen atoms in total. The molecule has 1 fully saturated rings. The van der Waals surface area contributed by atoms with E-state index in [0.29, 0.717) is 22.9 Å². The van der Waals surface area contributed by atoms with Crippen molar-refractivity contribution in [2.24, 2.45) is 0 Å². The van der Waals surface area contributed by atoms with E-state index in [4.69, 9.17) is 16.3 Å². The number of carbonyl (C=O) groups is 1. The van der Waals surface area contributed by atoms with Crippen LogP contribution in [-0.2, 0) is 20.5 Å². The fraction of sp³-hybridized carbons (Fsp3) is 0.240. The number of nitrogens with zero attached hydrogens (tertiary/aromatic N) is 1. The van der Waals surface area contributed by atoms with Crippen LogP contribution in [0.3, 0.4) is 0 Å². The normalized spacial score (nSPS) is 21.0. The van der Waals surface area contributed by atoms with Crippen LogP contribution in [0.15, 0.2) is 83.8 Å². The van der Waals surface area contributed by atoms with Gasteiger partial charge in [0.25, 0.3) is 0 Å². The van der Waals surface area contributed by atoms with Gasteiger partial charge < -0.3 is 4.74 Å². The summed E-state index contributed by atoms with van der Waals surface area (Å²) in [5.41, 5.74) is 2.19. The molecule has 0 saturated heterocycles. The van der Waals surface area contributed by atoms with Crippen molar-refractivity contribution in [2.45, 2.75) is 29.7 Å². The Morgan fingerprint density at radius 2 is 1.61 bits per heavy atom. The third kappa shape index (κ3) is 4.05.